The summed E-state index contributed by atoms with van der Waals surface area (Å²) in [6.07, 6.45) is 5.70. The monoisotopic (exact) mass is 202 g/mol. The highest BCUT2D eigenvalue weighted by Gasteiger charge is 2.56. The Morgan fingerprint density at radius 1 is 1.47 bits per heavy atom. The van der Waals surface area contributed by atoms with Gasteiger partial charge in [-0.1, -0.05) is 13.8 Å². The first kappa shape index (κ1) is 8.85. The smallest absolute Gasteiger partial charge is 0.154 e. The second-order valence-corrected chi connectivity index (χ2v) is 4.85. The van der Waals surface area contributed by atoms with Gasteiger partial charge in [-0.15, -0.1) is 0 Å². The van der Waals surface area contributed by atoms with Crippen molar-refractivity contribution in [3.05, 3.63) is 30.2 Å². The fourth-order valence-electron chi connectivity index (χ4n) is 2.30. The van der Waals surface area contributed by atoms with E-state index in [1.54, 1.807) is 10.7 Å². The first-order valence-electron chi connectivity index (χ1n) is 5.15. The third kappa shape index (κ3) is 1.11. The summed E-state index contributed by atoms with van der Waals surface area (Å²) in [6.45, 7) is 4.38. The number of nitrogens with zero attached hydrogens (tertiary/aromatic N) is 3. The van der Waals surface area contributed by atoms with Crippen LogP contribution in [0, 0.1) is 5.41 Å². The van der Waals surface area contributed by atoms with Crippen LogP contribution in [0.25, 0.3) is 5.65 Å². The van der Waals surface area contributed by atoms with Gasteiger partial charge in [-0.05, 0) is 11.0 Å². The van der Waals surface area contributed by atoms with E-state index in [4.69, 9.17) is 5.73 Å². The predicted molar refractivity (Wildman–Crippen MR) is 57.5 cm³/mol. The van der Waals surface area contributed by atoms with E-state index < -0.39 is 0 Å². The highest BCUT2D eigenvalue weighted by atomic mass is 15.2. The van der Waals surface area contributed by atoms with Crippen molar-refractivity contribution in [2.75, 3.05) is 0 Å². The maximum Gasteiger partial charge on any atom is 0.154 e. The Morgan fingerprint density at radius 3 is 2.87 bits per heavy atom. The molecule has 0 aromatic carbocycles. The van der Waals surface area contributed by atoms with Crippen molar-refractivity contribution in [3.63, 3.8) is 0 Å². The summed E-state index contributed by atoms with van der Waals surface area (Å²) in [7, 11) is 0. The molecular formula is C11H14N4. The van der Waals surface area contributed by atoms with Gasteiger partial charge < -0.3 is 5.73 Å². The van der Waals surface area contributed by atoms with Crippen molar-refractivity contribution < 1.29 is 0 Å². The quantitative estimate of drug-likeness (QED) is 0.755. The van der Waals surface area contributed by atoms with Crippen LogP contribution in [0.3, 0.4) is 0 Å². The summed E-state index contributed by atoms with van der Waals surface area (Å²) in [4.78, 5) is 4.35. The van der Waals surface area contributed by atoms with Crippen LogP contribution in [0.15, 0.2) is 24.7 Å². The van der Waals surface area contributed by atoms with Crippen molar-refractivity contribution in [1.29, 1.82) is 0 Å². The van der Waals surface area contributed by atoms with E-state index in [0.29, 0.717) is 5.92 Å². The van der Waals surface area contributed by atoms with Crippen molar-refractivity contribution in [3.8, 4) is 0 Å². The molecule has 1 aliphatic carbocycles. The number of hydrogen-bond acceptors (Lipinski definition) is 3. The zero-order chi connectivity index (χ0) is 10.6. The number of fused-ring (bicyclic) bond motifs is 1. The van der Waals surface area contributed by atoms with E-state index in [1.165, 1.54) is 5.56 Å². The average Bonchev–Trinajstić information content (AvgIpc) is 2.62. The maximum atomic E-state index is 6.04. The topological polar surface area (TPSA) is 56.2 Å². The number of hydrogen-bond donors (Lipinski definition) is 1. The van der Waals surface area contributed by atoms with Gasteiger partial charge >= 0.3 is 0 Å². The first-order valence-corrected chi connectivity index (χ1v) is 5.15. The van der Waals surface area contributed by atoms with Crippen LogP contribution in [0.1, 0.15) is 25.3 Å². The van der Waals surface area contributed by atoms with Crippen LogP contribution in [-0.2, 0) is 0 Å². The van der Waals surface area contributed by atoms with Crippen molar-refractivity contribution in [2.45, 2.75) is 25.8 Å². The highest BCUT2D eigenvalue weighted by Crippen LogP contribution is 2.56. The van der Waals surface area contributed by atoms with Crippen molar-refractivity contribution in [1.82, 2.24) is 14.6 Å². The first-order chi connectivity index (χ1) is 7.10. The Hall–Kier alpha value is -1.42. The lowest BCUT2D eigenvalue weighted by molar-refractivity contribution is 0.597. The molecule has 4 heteroatoms. The third-order valence-corrected chi connectivity index (χ3v) is 3.54. The molecule has 0 aliphatic heterocycles. The molecule has 1 fully saturated rings. The molecular weight excluding hydrogens is 188 g/mol. The summed E-state index contributed by atoms with van der Waals surface area (Å²) < 4.78 is 1.80. The number of rotatable bonds is 1. The molecule has 0 saturated heterocycles. The molecule has 0 amide bonds. The minimum atomic E-state index is 0.197. The maximum absolute atomic E-state index is 6.04. The summed E-state index contributed by atoms with van der Waals surface area (Å²) in [5.41, 5.74) is 8.30. The third-order valence-electron chi connectivity index (χ3n) is 3.54. The van der Waals surface area contributed by atoms with E-state index >= 15 is 0 Å². The van der Waals surface area contributed by atoms with Crippen LogP contribution in [0.2, 0.25) is 0 Å². The Kier molecular flexibility index (Phi) is 1.52. The molecule has 0 spiro atoms. The molecule has 3 rings (SSSR count). The Balaban J connectivity index is 2.06. The van der Waals surface area contributed by atoms with Crippen LogP contribution in [0.4, 0.5) is 0 Å². The molecule has 1 aliphatic rings. The minimum absolute atomic E-state index is 0.197. The average molecular weight is 202 g/mol. The second-order valence-electron chi connectivity index (χ2n) is 4.85. The van der Waals surface area contributed by atoms with E-state index in [2.05, 4.69) is 23.9 Å². The Bertz CT molecular complexity index is 514. The van der Waals surface area contributed by atoms with Crippen LogP contribution in [0.5, 0.6) is 0 Å². The van der Waals surface area contributed by atoms with Gasteiger partial charge in [0.15, 0.2) is 5.65 Å². The lowest BCUT2D eigenvalue weighted by Crippen LogP contribution is -2.06. The van der Waals surface area contributed by atoms with Gasteiger partial charge in [0, 0.05) is 30.4 Å². The van der Waals surface area contributed by atoms with Gasteiger partial charge in [-0.3, -0.25) is 0 Å². The van der Waals surface area contributed by atoms with Crippen molar-refractivity contribution in [2.24, 2.45) is 11.1 Å². The van der Waals surface area contributed by atoms with Crippen molar-refractivity contribution >= 4 is 5.65 Å². The molecule has 0 radical (unpaired) electrons. The zero-order valence-electron chi connectivity index (χ0n) is 8.88. The van der Waals surface area contributed by atoms with E-state index in [1.807, 2.05) is 18.5 Å². The molecule has 1 saturated carbocycles. The summed E-state index contributed by atoms with van der Waals surface area (Å²) in [5, 5.41) is 4.18. The fourth-order valence-corrected chi connectivity index (χ4v) is 2.30. The lowest BCUT2D eigenvalue weighted by atomic mass is 10.1. The van der Waals surface area contributed by atoms with Gasteiger partial charge in [0.05, 0.1) is 6.20 Å². The summed E-state index contributed by atoms with van der Waals surface area (Å²) >= 11 is 0. The molecule has 0 bridgehead atoms. The lowest BCUT2D eigenvalue weighted by Gasteiger charge is -2.02. The van der Waals surface area contributed by atoms with Gasteiger partial charge in [0.2, 0.25) is 0 Å². The summed E-state index contributed by atoms with van der Waals surface area (Å²) in [5.74, 6) is 0.415. The standard InChI is InChI=1S/C11H14N4/c1-11(2)9(10(11)12)7-5-13-8-3-4-14-15(8)6-7/h3-6,9-10H,12H2,1-2H3/t9-,10-/m0/s1. The molecule has 2 heterocycles. The predicted octanol–water partition coefficient (Wildman–Crippen LogP) is 1.18. The SMILES string of the molecule is CC1(C)[C@@H](N)[C@@H]1c1cnc2ccnn2c1. The largest absolute Gasteiger partial charge is 0.327 e. The highest BCUT2D eigenvalue weighted by molar-refractivity contribution is 5.39. The number of nitrogens with two attached hydrogens (primary N) is 1. The molecule has 4 nitrogen and oxygen atoms in total. The van der Waals surface area contributed by atoms with Gasteiger partial charge in [0.1, 0.15) is 0 Å². The minimum Gasteiger partial charge on any atom is -0.327 e. The molecule has 15 heavy (non-hydrogen) atoms. The van der Waals surface area contributed by atoms with Gasteiger partial charge in [-0.2, -0.15) is 5.10 Å². The fraction of sp³-hybridized carbons (Fsp3) is 0.455. The second kappa shape index (κ2) is 2.58. The number of aromatic nitrogens is 3. The summed E-state index contributed by atoms with van der Waals surface area (Å²) in [6, 6.07) is 2.13. The van der Waals surface area contributed by atoms with Crippen LogP contribution < -0.4 is 5.73 Å². The van der Waals surface area contributed by atoms with Gasteiger partial charge in [0.25, 0.3) is 0 Å². The molecule has 2 aromatic rings. The van der Waals surface area contributed by atoms with E-state index in [-0.39, 0.29) is 11.5 Å². The zero-order valence-corrected chi connectivity index (χ0v) is 8.88. The van der Waals surface area contributed by atoms with E-state index in [0.717, 1.165) is 5.65 Å². The molecule has 2 atom stereocenters. The van der Waals surface area contributed by atoms with Gasteiger partial charge in [-0.25, -0.2) is 9.50 Å². The molecule has 2 N–H and O–H groups in total. The Morgan fingerprint density at radius 2 is 2.20 bits per heavy atom. The normalized spacial score (nSPS) is 28.2. The molecule has 78 valence electrons. The molecule has 2 aromatic heterocycles. The van der Waals surface area contributed by atoms with Crippen LogP contribution in [-0.4, -0.2) is 20.6 Å². The molecule has 0 unspecified atom stereocenters. The van der Waals surface area contributed by atoms with Crippen LogP contribution >= 0.6 is 0 Å². The van der Waals surface area contributed by atoms with E-state index in [9.17, 15) is 0 Å². The Labute approximate surface area is 88.1 Å².